The van der Waals surface area contributed by atoms with Gasteiger partial charge in [-0.2, -0.15) is 0 Å². The first kappa shape index (κ1) is 21.3. The zero-order chi connectivity index (χ0) is 18.2. The van der Waals surface area contributed by atoms with E-state index >= 15 is 0 Å². The van der Waals surface area contributed by atoms with Crippen molar-refractivity contribution in [2.24, 2.45) is 0 Å². The number of nitrogens with zero attached hydrogens (tertiary/aromatic N) is 1. The lowest BCUT2D eigenvalue weighted by atomic mass is 10.0. The van der Waals surface area contributed by atoms with Crippen LogP contribution in [-0.4, -0.2) is 16.0 Å². The third-order valence-electron chi connectivity index (χ3n) is 5.40. The molecule has 29 heavy (non-hydrogen) atoms. The molecule has 3 aromatic carbocycles. The molecule has 0 spiro atoms. The molecule has 0 bridgehead atoms. The molecule has 6 heteroatoms. The maximum atomic E-state index is 13.4. The van der Waals surface area contributed by atoms with E-state index < -0.39 is 0 Å². The Morgan fingerprint density at radius 2 is 1.66 bits per heavy atom. The Morgan fingerprint density at radius 1 is 0.897 bits per heavy atom. The summed E-state index contributed by atoms with van der Waals surface area (Å²) in [6, 6.07) is 20.4. The topological polar surface area (TPSA) is 40.7 Å². The second-order valence-electron chi connectivity index (χ2n) is 7.23. The zero-order valence-corrected chi connectivity index (χ0v) is 17.3. The number of aromatic amines is 1. The molecule has 0 saturated carbocycles. The molecular formula is C23H22Cl2FN3. The molecule has 0 saturated heterocycles. The second-order valence-corrected chi connectivity index (χ2v) is 7.23. The number of benzene rings is 3. The van der Waals surface area contributed by atoms with Gasteiger partial charge in [-0.25, -0.2) is 9.37 Å². The Morgan fingerprint density at radius 3 is 2.48 bits per heavy atom. The van der Waals surface area contributed by atoms with Crippen LogP contribution in [0, 0.1) is 5.82 Å². The van der Waals surface area contributed by atoms with E-state index in [1.54, 1.807) is 18.5 Å². The molecule has 0 fully saturated rings. The summed E-state index contributed by atoms with van der Waals surface area (Å²) in [5.41, 5.74) is 8.06. The molecule has 1 unspecified atom stereocenters. The molecule has 1 aliphatic rings. The highest BCUT2D eigenvalue weighted by Gasteiger charge is 2.21. The number of fused-ring (bicyclic) bond motifs is 2. The quantitative estimate of drug-likeness (QED) is 0.451. The summed E-state index contributed by atoms with van der Waals surface area (Å²) >= 11 is 0. The van der Waals surface area contributed by atoms with E-state index in [0.29, 0.717) is 6.04 Å². The first-order valence-corrected chi connectivity index (χ1v) is 9.28. The van der Waals surface area contributed by atoms with Crippen molar-refractivity contribution in [1.82, 2.24) is 15.3 Å². The van der Waals surface area contributed by atoms with Crippen LogP contribution < -0.4 is 5.32 Å². The Kier molecular flexibility index (Phi) is 6.58. The van der Waals surface area contributed by atoms with E-state index in [1.165, 1.54) is 22.3 Å². The summed E-state index contributed by atoms with van der Waals surface area (Å²) in [4.78, 5) is 7.42. The smallest absolute Gasteiger partial charge is 0.123 e. The summed E-state index contributed by atoms with van der Waals surface area (Å²) in [6.07, 6.45) is 3.59. The van der Waals surface area contributed by atoms with Crippen molar-refractivity contribution in [2.75, 3.05) is 0 Å². The van der Waals surface area contributed by atoms with Gasteiger partial charge in [-0.3, -0.25) is 0 Å². The standard InChI is InChI=1S/C23H20FN3.2ClH/c24-20-7-5-17-10-21(11-19(17)9-20)25-13-15-1-3-16(4-2-15)18-6-8-22-23(12-18)27-14-26-22;;/h1-9,12,14,21,25H,10-11,13H2,(H,26,27);2*1H. The fraction of sp³-hybridized carbons (Fsp3) is 0.174. The van der Waals surface area contributed by atoms with Crippen LogP contribution in [0.4, 0.5) is 4.39 Å². The van der Waals surface area contributed by atoms with Gasteiger partial charge in [0.15, 0.2) is 0 Å². The van der Waals surface area contributed by atoms with Gasteiger partial charge in [-0.05, 0) is 64.9 Å². The van der Waals surface area contributed by atoms with Gasteiger partial charge < -0.3 is 10.3 Å². The normalized spacial score (nSPS) is 14.9. The molecule has 0 amide bonds. The summed E-state index contributed by atoms with van der Waals surface area (Å²) in [6.45, 7) is 0.820. The zero-order valence-electron chi connectivity index (χ0n) is 15.7. The molecule has 2 N–H and O–H groups in total. The number of hydrogen-bond donors (Lipinski definition) is 2. The van der Waals surface area contributed by atoms with Crippen LogP contribution in [0.15, 0.2) is 67.0 Å². The Labute approximate surface area is 181 Å². The van der Waals surface area contributed by atoms with E-state index in [0.717, 1.165) is 36.0 Å². The van der Waals surface area contributed by atoms with Gasteiger partial charge in [0.25, 0.3) is 0 Å². The van der Waals surface area contributed by atoms with Crippen LogP contribution in [0.2, 0.25) is 0 Å². The summed E-state index contributed by atoms with van der Waals surface area (Å²) in [7, 11) is 0. The average Bonchev–Trinajstić information content (AvgIpc) is 3.32. The number of aromatic nitrogens is 2. The maximum absolute atomic E-state index is 13.4. The molecule has 0 aliphatic heterocycles. The van der Waals surface area contributed by atoms with E-state index in [2.05, 4.69) is 51.7 Å². The third-order valence-corrected chi connectivity index (χ3v) is 5.40. The van der Waals surface area contributed by atoms with Crippen LogP contribution in [0.3, 0.4) is 0 Å². The van der Waals surface area contributed by atoms with Gasteiger partial charge in [0.2, 0.25) is 0 Å². The van der Waals surface area contributed by atoms with Crippen LogP contribution in [0.25, 0.3) is 22.2 Å². The van der Waals surface area contributed by atoms with Crippen molar-refractivity contribution in [2.45, 2.75) is 25.4 Å². The highest BCUT2D eigenvalue weighted by atomic mass is 35.5. The molecule has 5 rings (SSSR count). The van der Waals surface area contributed by atoms with Crippen LogP contribution in [0.1, 0.15) is 16.7 Å². The van der Waals surface area contributed by atoms with Crippen LogP contribution in [0.5, 0.6) is 0 Å². The van der Waals surface area contributed by atoms with Gasteiger partial charge in [-0.15, -0.1) is 24.8 Å². The van der Waals surface area contributed by atoms with E-state index in [9.17, 15) is 4.39 Å². The minimum Gasteiger partial charge on any atom is -0.345 e. The number of rotatable bonds is 4. The minimum atomic E-state index is -0.140. The monoisotopic (exact) mass is 429 g/mol. The molecule has 1 atom stereocenters. The molecule has 1 aromatic heterocycles. The Bertz CT molecular complexity index is 1110. The van der Waals surface area contributed by atoms with Crippen molar-refractivity contribution in [3.63, 3.8) is 0 Å². The first-order chi connectivity index (χ1) is 13.2. The highest BCUT2D eigenvalue weighted by molar-refractivity contribution is 5.85. The maximum Gasteiger partial charge on any atom is 0.123 e. The fourth-order valence-corrected chi connectivity index (χ4v) is 3.92. The molecular weight excluding hydrogens is 408 g/mol. The van der Waals surface area contributed by atoms with Crippen molar-refractivity contribution in [1.29, 1.82) is 0 Å². The van der Waals surface area contributed by atoms with Crippen molar-refractivity contribution < 1.29 is 4.39 Å². The fourth-order valence-electron chi connectivity index (χ4n) is 3.92. The molecule has 1 heterocycles. The number of hydrogen-bond acceptors (Lipinski definition) is 2. The predicted molar refractivity (Wildman–Crippen MR) is 120 cm³/mol. The molecule has 0 radical (unpaired) electrons. The largest absolute Gasteiger partial charge is 0.345 e. The van der Waals surface area contributed by atoms with E-state index in [-0.39, 0.29) is 30.6 Å². The number of halogens is 3. The van der Waals surface area contributed by atoms with Crippen LogP contribution in [-0.2, 0) is 19.4 Å². The average molecular weight is 430 g/mol. The minimum absolute atomic E-state index is 0. The van der Waals surface area contributed by atoms with Crippen LogP contribution >= 0.6 is 24.8 Å². The van der Waals surface area contributed by atoms with Crippen molar-refractivity contribution >= 4 is 35.8 Å². The van der Waals surface area contributed by atoms with Gasteiger partial charge in [0.1, 0.15) is 5.82 Å². The van der Waals surface area contributed by atoms with Crippen molar-refractivity contribution in [3.05, 3.63) is 89.5 Å². The van der Waals surface area contributed by atoms with Gasteiger partial charge in [0, 0.05) is 12.6 Å². The van der Waals surface area contributed by atoms with Gasteiger partial charge >= 0.3 is 0 Å². The SMILES string of the molecule is Cl.Cl.Fc1ccc2c(c1)CC(NCc1ccc(-c3ccc4nc[nH]c4c3)cc1)C2. The predicted octanol–water partition coefficient (Wildman–Crippen LogP) is 5.47. The molecule has 150 valence electrons. The molecule has 1 aliphatic carbocycles. The van der Waals surface area contributed by atoms with Crippen molar-refractivity contribution in [3.8, 4) is 11.1 Å². The summed E-state index contributed by atoms with van der Waals surface area (Å²) in [5, 5.41) is 3.61. The highest BCUT2D eigenvalue weighted by Crippen LogP contribution is 2.25. The Balaban J connectivity index is 0.00000120. The van der Waals surface area contributed by atoms with E-state index in [1.807, 2.05) is 12.1 Å². The van der Waals surface area contributed by atoms with Gasteiger partial charge in [0.05, 0.1) is 17.4 Å². The third kappa shape index (κ3) is 4.45. The number of H-pyrrole nitrogens is 1. The molecule has 3 nitrogen and oxygen atoms in total. The summed E-state index contributed by atoms with van der Waals surface area (Å²) in [5.74, 6) is -0.140. The second kappa shape index (κ2) is 8.95. The van der Waals surface area contributed by atoms with Gasteiger partial charge in [-0.1, -0.05) is 36.4 Å². The summed E-state index contributed by atoms with van der Waals surface area (Å²) < 4.78 is 13.4. The lowest BCUT2D eigenvalue weighted by Crippen LogP contribution is -2.28. The lowest BCUT2D eigenvalue weighted by molar-refractivity contribution is 0.532. The molecule has 4 aromatic rings. The number of nitrogens with one attached hydrogen (secondary N) is 2. The Hall–Kier alpha value is -2.40. The first-order valence-electron chi connectivity index (χ1n) is 9.28. The van der Waals surface area contributed by atoms with E-state index in [4.69, 9.17) is 0 Å². The lowest BCUT2D eigenvalue weighted by Gasteiger charge is -2.12. The number of imidazole rings is 1.